The Bertz CT molecular complexity index is 841. The summed E-state index contributed by atoms with van der Waals surface area (Å²) in [6.07, 6.45) is 1.58. The van der Waals surface area contributed by atoms with Crippen LogP contribution in [0.3, 0.4) is 0 Å². The molecular weight excluding hydrogens is 428 g/mol. The molecule has 0 unspecified atom stereocenters. The Hall–Kier alpha value is -2.84. The van der Waals surface area contributed by atoms with Crippen LogP contribution in [0.15, 0.2) is 59.6 Å². The second-order valence-corrected chi connectivity index (χ2v) is 6.34. The lowest BCUT2D eigenvalue weighted by atomic mass is 10.2. The van der Waals surface area contributed by atoms with Crippen molar-refractivity contribution >= 4 is 27.7 Å². The number of para-hydroxylation sites is 1. The lowest BCUT2D eigenvalue weighted by molar-refractivity contribution is 0.0844. The number of amides is 2. The molecule has 0 aromatic heterocycles. The number of halogens is 1. The minimum absolute atomic E-state index is 0.267. The Morgan fingerprint density at radius 3 is 2.50 bits per heavy atom. The third-order valence-electron chi connectivity index (χ3n) is 3.52. The number of hydrogen-bond acceptors (Lipinski definition) is 5. The highest BCUT2D eigenvalue weighted by atomic mass is 79.9. The van der Waals surface area contributed by atoms with Crippen LogP contribution in [0.1, 0.15) is 20.7 Å². The van der Waals surface area contributed by atoms with Crippen LogP contribution in [0.25, 0.3) is 0 Å². The molecule has 0 aliphatic rings. The van der Waals surface area contributed by atoms with Crippen LogP contribution in [-0.4, -0.2) is 38.7 Å². The minimum atomic E-state index is -0.494. The second-order valence-electron chi connectivity index (χ2n) is 5.49. The molecule has 0 bridgehead atoms. The number of ether oxygens (including phenoxy) is 3. The van der Waals surface area contributed by atoms with E-state index in [-0.39, 0.29) is 6.61 Å². The van der Waals surface area contributed by atoms with E-state index in [0.717, 1.165) is 0 Å². The molecule has 2 amide bonds. The first-order valence-electron chi connectivity index (χ1n) is 8.41. The Balaban J connectivity index is 1.97. The van der Waals surface area contributed by atoms with Gasteiger partial charge in [-0.15, -0.1) is 0 Å². The van der Waals surface area contributed by atoms with E-state index in [9.17, 15) is 9.59 Å². The lowest BCUT2D eigenvalue weighted by Gasteiger charge is -2.12. The van der Waals surface area contributed by atoms with E-state index in [2.05, 4.69) is 33.4 Å². The van der Waals surface area contributed by atoms with Crippen molar-refractivity contribution in [2.45, 2.75) is 0 Å². The fraction of sp³-hybridized carbons (Fsp3) is 0.200. The molecular formula is C20H21BrN2O5. The Morgan fingerprint density at radius 2 is 1.79 bits per heavy atom. The summed E-state index contributed by atoms with van der Waals surface area (Å²) in [5, 5.41) is 0. The zero-order chi connectivity index (χ0) is 20.4. The molecule has 2 aromatic carbocycles. The Labute approximate surface area is 171 Å². The van der Waals surface area contributed by atoms with Crippen LogP contribution in [0.2, 0.25) is 0 Å². The van der Waals surface area contributed by atoms with Crippen LogP contribution < -0.4 is 20.3 Å². The first-order chi connectivity index (χ1) is 13.6. The van der Waals surface area contributed by atoms with Gasteiger partial charge in [0.15, 0.2) is 0 Å². The van der Waals surface area contributed by atoms with Crippen molar-refractivity contribution in [1.82, 2.24) is 10.9 Å². The molecule has 0 heterocycles. The molecule has 2 rings (SSSR count). The standard InChI is InChI=1S/C20H21BrN2O5/c1-3-10-27-17-7-5-4-6-15(17)20(25)23-22-19(24)14-8-9-18(16(21)13-14)28-12-11-26-2/h3-9,13H,1,10-12H2,2H3,(H,22,24)(H,23,25). The van der Waals surface area contributed by atoms with Crippen molar-refractivity contribution in [2.24, 2.45) is 0 Å². The summed E-state index contributed by atoms with van der Waals surface area (Å²) in [6.45, 7) is 4.69. The molecule has 0 aliphatic heterocycles. The number of rotatable bonds is 9. The third kappa shape index (κ3) is 6.11. The molecule has 148 valence electrons. The maximum absolute atomic E-state index is 12.4. The fourth-order valence-electron chi connectivity index (χ4n) is 2.18. The van der Waals surface area contributed by atoms with E-state index in [1.54, 1.807) is 55.7 Å². The highest BCUT2D eigenvalue weighted by molar-refractivity contribution is 9.10. The maximum Gasteiger partial charge on any atom is 0.273 e. The van der Waals surface area contributed by atoms with Gasteiger partial charge in [0.2, 0.25) is 0 Å². The molecule has 7 nitrogen and oxygen atoms in total. The third-order valence-corrected chi connectivity index (χ3v) is 4.14. The molecule has 0 saturated carbocycles. The van der Waals surface area contributed by atoms with Gasteiger partial charge in [0.1, 0.15) is 24.7 Å². The van der Waals surface area contributed by atoms with Gasteiger partial charge in [0, 0.05) is 12.7 Å². The molecule has 0 aliphatic carbocycles. The molecule has 0 atom stereocenters. The SMILES string of the molecule is C=CCOc1ccccc1C(=O)NNC(=O)c1ccc(OCCOC)c(Br)c1. The van der Waals surface area contributed by atoms with Crippen LogP contribution in [0.5, 0.6) is 11.5 Å². The average molecular weight is 449 g/mol. The highest BCUT2D eigenvalue weighted by Crippen LogP contribution is 2.26. The highest BCUT2D eigenvalue weighted by Gasteiger charge is 2.14. The predicted octanol–water partition coefficient (Wildman–Crippen LogP) is 3.11. The second kappa shape index (κ2) is 11.1. The zero-order valence-corrected chi connectivity index (χ0v) is 17.0. The quantitative estimate of drug-likeness (QED) is 0.349. The number of methoxy groups -OCH3 is 1. The van der Waals surface area contributed by atoms with E-state index in [4.69, 9.17) is 14.2 Å². The Kier molecular flexibility index (Phi) is 8.51. The Morgan fingerprint density at radius 1 is 1.04 bits per heavy atom. The molecule has 8 heteroatoms. The van der Waals surface area contributed by atoms with Gasteiger partial charge in [-0.1, -0.05) is 24.8 Å². The van der Waals surface area contributed by atoms with E-state index in [1.807, 2.05) is 0 Å². The summed E-state index contributed by atoms with van der Waals surface area (Å²) in [7, 11) is 1.59. The summed E-state index contributed by atoms with van der Waals surface area (Å²) in [4.78, 5) is 24.7. The summed E-state index contributed by atoms with van der Waals surface area (Å²) in [5.41, 5.74) is 5.41. The van der Waals surface area contributed by atoms with Crippen molar-refractivity contribution in [2.75, 3.05) is 26.9 Å². The summed E-state index contributed by atoms with van der Waals surface area (Å²) in [6, 6.07) is 11.6. The number of hydrazine groups is 1. The van der Waals surface area contributed by atoms with Gasteiger partial charge >= 0.3 is 0 Å². The minimum Gasteiger partial charge on any atom is -0.490 e. The maximum atomic E-state index is 12.4. The van der Waals surface area contributed by atoms with Gasteiger partial charge in [-0.05, 0) is 46.3 Å². The van der Waals surface area contributed by atoms with Gasteiger partial charge in [-0.3, -0.25) is 20.4 Å². The number of nitrogens with one attached hydrogen (secondary N) is 2. The van der Waals surface area contributed by atoms with E-state index in [1.165, 1.54) is 0 Å². The molecule has 2 N–H and O–H groups in total. The van der Waals surface area contributed by atoms with E-state index >= 15 is 0 Å². The fourth-order valence-corrected chi connectivity index (χ4v) is 2.67. The van der Waals surface area contributed by atoms with E-state index in [0.29, 0.717) is 40.3 Å². The summed E-state index contributed by atoms with van der Waals surface area (Å²) < 4.78 is 16.5. The molecule has 0 fully saturated rings. The lowest BCUT2D eigenvalue weighted by Crippen LogP contribution is -2.41. The van der Waals surface area contributed by atoms with Crippen LogP contribution in [-0.2, 0) is 4.74 Å². The smallest absolute Gasteiger partial charge is 0.273 e. The van der Waals surface area contributed by atoms with Gasteiger partial charge in [0.25, 0.3) is 11.8 Å². The number of carbonyl (C=O) groups excluding carboxylic acids is 2. The molecule has 2 aromatic rings. The number of carbonyl (C=O) groups is 2. The molecule has 0 radical (unpaired) electrons. The van der Waals surface area contributed by atoms with Crippen molar-refractivity contribution in [1.29, 1.82) is 0 Å². The summed E-state index contributed by atoms with van der Waals surface area (Å²) >= 11 is 3.36. The van der Waals surface area contributed by atoms with Crippen molar-refractivity contribution in [3.8, 4) is 11.5 Å². The topological polar surface area (TPSA) is 85.9 Å². The van der Waals surface area contributed by atoms with E-state index < -0.39 is 11.8 Å². The predicted molar refractivity (Wildman–Crippen MR) is 109 cm³/mol. The number of benzene rings is 2. The zero-order valence-electron chi connectivity index (χ0n) is 15.4. The largest absolute Gasteiger partial charge is 0.490 e. The van der Waals surface area contributed by atoms with Crippen molar-refractivity contribution in [3.05, 3.63) is 70.7 Å². The van der Waals surface area contributed by atoms with Crippen LogP contribution >= 0.6 is 15.9 Å². The van der Waals surface area contributed by atoms with Crippen LogP contribution in [0.4, 0.5) is 0 Å². The van der Waals surface area contributed by atoms with Gasteiger partial charge in [0.05, 0.1) is 16.6 Å². The van der Waals surface area contributed by atoms with Gasteiger partial charge < -0.3 is 14.2 Å². The first-order valence-corrected chi connectivity index (χ1v) is 9.20. The monoisotopic (exact) mass is 448 g/mol. The van der Waals surface area contributed by atoms with Crippen molar-refractivity contribution in [3.63, 3.8) is 0 Å². The molecule has 0 saturated heterocycles. The molecule has 28 heavy (non-hydrogen) atoms. The van der Waals surface area contributed by atoms with Gasteiger partial charge in [-0.2, -0.15) is 0 Å². The number of hydrogen-bond donors (Lipinski definition) is 2. The van der Waals surface area contributed by atoms with Crippen LogP contribution in [0, 0.1) is 0 Å². The average Bonchev–Trinajstić information content (AvgIpc) is 2.71. The van der Waals surface area contributed by atoms with Crippen molar-refractivity contribution < 1.29 is 23.8 Å². The van der Waals surface area contributed by atoms with Gasteiger partial charge in [-0.25, -0.2) is 0 Å². The molecule has 0 spiro atoms. The summed E-state index contributed by atoms with van der Waals surface area (Å²) in [5.74, 6) is 0.0222. The normalized spacial score (nSPS) is 10.1. The first kappa shape index (κ1) is 21.5.